The Labute approximate surface area is 114 Å². The van der Waals surface area contributed by atoms with Gasteiger partial charge in [0.1, 0.15) is 6.04 Å². The molecule has 6 heteroatoms. The van der Waals surface area contributed by atoms with E-state index in [0.29, 0.717) is 5.69 Å². The van der Waals surface area contributed by atoms with Gasteiger partial charge < -0.3 is 15.2 Å². The van der Waals surface area contributed by atoms with Crippen molar-refractivity contribution in [1.82, 2.24) is 10.3 Å². The number of H-pyrrole nitrogens is 1. The fourth-order valence-corrected chi connectivity index (χ4v) is 2.83. The molecular weight excluding hydrogens is 260 g/mol. The van der Waals surface area contributed by atoms with Crippen LogP contribution in [0, 0.1) is 0 Å². The van der Waals surface area contributed by atoms with Gasteiger partial charge >= 0.3 is 11.9 Å². The number of carboxylic acids is 2. The molecule has 0 fully saturated rings. The number of carboxylic acid groups (broad SMARTS) is 2. The van der Waals surface area contributed by atoms with Gasteiger partial charge in [-0.25, -0.2) is 4.79 Å². The van der Waals surface area contributed by atoms with Crippen molar-refractivity contribution < 1.29 is 19.8 Å². The van der Waals surface area contributed by atoms with Crippen molar-refractivity contribution in [3.8, 4) is 0 Å². The van der Waals surface area contributed by atoms with Gasteiger partial charge in [-0.15, -0.1) is 0 Å². The lowest BCUT2D eigenvalue weighted by Gasteiger charge is -2.34. The number of aromatic amines is 1. The molecule has 0 saturated heterocycles. The first-order chi connectivity index (χ1) is 9.43. The lowest BCUT2D eigenvalue weighted by atomic mass is 9.85. The van der Waals surface area contributed by atoms with Crippen molar-refractivity contribution in [2.75, 3.05) is 0 Å². The molecule has 0 spiro atoms. The van der Waals surface area contributed by atoms with Gasteiger partial charge in [0.15, 0.2) is 5.54 Å². The van der Waals surface area contributed by atoms with E-state index >= 15 is 0 Å². The number of carbonyl (C=O) groups is 2. The molecule has 3 rings (SSSR count). The minimum atomic E-state index is -1.43. The largest absolute Gasteiger partial charge is 0.480 e. The number of benzene rings is 1. The average molecular weight is 274 g/mol. The number of hydrogen-bond donors (Lipinski definition) is 4. The zero-order chi connectivity index (χ0) is 14.5. The van der Waals surface area contributed by atoms with Crippen LogP contribution in [0.15, 0.2) is 24.3 Å². The summed E-state index contributed by atoms with van der Waals surface area (Å²) >= 11 is 0. The highest BCUT2D eigenvalue weighted by atomic mass is 16.4. The monoisotopic (exact) mass is 274 g/mol. The Morgan fingerprint density at radius 1 is 1.30 bits per heavy atom. The molecule has 0 amide bonds. The second kappa shape index (κ2) is 4.08. The molecule has 0 aliphatic carbocycles. The molecular formula is C14H14N2O4. The van der Waals surface area contributed by atoms with E-state index < -0.39 is 23.5 Å². The van der Waals surface area contributed by atoms with Crippen LogP contribution in [0.2, 0.25) is 0 Å². The molecule has 20 heavy (non-hydrogen) atoms. The van der Waals surface area contributed by atoms with Crippen LogP contribution in [-0.2, 0) is 21.5 Å². The third kappa shape index (κ3) is 1.61. The normalized spacial score (nSPS) is 25.4. The van der Waals surface area contributed by atoms with Crippen LogP contribution >= 0.6 is 0 Å². The van der Waals surface area contributed by atoms with Crippen molar-refractivity contribution >= 4 is 22.8 Å². The van der Waals surface area contributed by atoms with Crippen molar-refractivity contribution in [1.29, 1.82) is 0 Å². The Hall–Kier alpha value is -2.34. The number of aliphatic carboxylic acids is 2. The van der Waals surface area contributed by atoms with Crippen molar-refractivity contribution in [2.45, 2.75) is 24.9 Å². The fraction of sp³-hybridized carbons (Fsp3) is 0.286. The molecule has 1 aromatic carbocycles. The maximum Gasteiger partial charge on any atom is 0.329 e. The lowest BCUT2D eigenvalue weighted by Crippen LogP contribution is -2.58. The van der Waals surface area contributed by atoms with Gasteiger partial charge in [-0.3, -0.25) is 10.1 Å². The summed E-state index contributed by atoms with van der Waals surface area (Å²) in [6, 6.07) is 6.52. The molecule has 2 aromatic rings. The maximum atomic E-state index is 11.6. The van der Waals surface area contributed by atoms with E-state index in [4.69, 9.17) is 0 Å². The second-order valence-corrected chi connectivity index (χ2v) is 5.19. The molecule has 2 atom stereocenters. The standard InChI is InChI=1S/C14H14N2O4/c1-14(13(19)20)11-8(6-10(16-14)12(17)18)7-4-2-3-5-9(7)15-11/h2-5,10,15-16H,6H2,1H3,(H,17,18)(H,19,20)/t10-,14+/m0/s1. The molecule has 0 radical (unpaired) electrons. The Bertz CT molecular complexity index is 721. The van der Waals surface area contributed by atoms with Crippen molar-refractivity contribution in [3.05, 3.63) is 35.5 Å². The van der Waals surface area contributed by atoms with E-state index in [9.17, 15) is 19.8 Å². The van der Waals surface area contributed by atoms with E-state index in [-0.39, 0.29) is 6.42 Å². The van der Waals surface area contributed by atoms with Crippen LogP contribution in [0.5, 0.6) is 0 Å². The summed E-state index contributed by atoms with van der Waals surface area (Å²) in [6.07, 6.45) is 0.261. The molecule has 1 aliphatic rings. The Morgan fingerprint density at radius 3 is 2.65 bits per heavy atom. The lowest BCUT2D eigenvalue weighted by molar-refractivity contribution is -0.147. The smallest absolute Gasteiger partial charge is 0.329 e. The highest BCUT2D eigenvalue weighted by Crippen LogP contribution is 2.35. The van der Waals surface area contributed by atoms with Crippen molar-refractivity contribution in [3.63, 3.8) is 0 Å². The van der Waals surface area contributed by atoms with Gasteiger partial charge in [-0.05, 0) is 18.6 Å². The van der Waals surface area contributed by atoms with Crippen LogP contribution in [0.25, 0.3) is 10.9 Å². The summed E-state index contributed by atoms with van der Waals surface area (Å²) in [4.78, 5) is 26.0. The van der Waals surface area contributed by atoms with Gasteiger partial charge in [0.05, 0.1) is 5.69 Å². The van der Waals surface area contributed by atoms with Gasteiger partial charge in [0.2, 0.25) is 0 Å². The summed E-state index contributed by atoms with van der Waals surface area (Å²) in [5.74, 6) is -2.15. The number of aromatic nitrogens is 1. The third-order valence-electron chi connectivity index (χ3n) is 3.91. The Balaban J connectivity index is 2.27. The molecule has 6 nitrogen and oxygen atoms in total. The first-order valence-electron chi connectivity index (χ1n) is 6.27. The SMILES string of the molecule is C[C@@]1(C(=O)O)N[C@H](C(=O)O)Cc2c1[nH]c1ccccc21. The average Bonchev–Trinajstić information content (AvgIpc) is 2.78. The van der Waals surface area contributed by atoms with E-state index in [0.717, 1.165) is 16.5 Å². The van der Waals surface area contributed by atoms with E-state index in [1.54, 1.807) is 0 Å². The summed E-state index contributed by atoms with van der Waals surface area (Å²) < 4.78 is 0. The maximum absolute atomic E-state index is 11.6. The minimum Gasteiger partial charge on any atom is -0.480 e. The molecule has 0 saturated carbocycles. The van der Waals surface area contributed by atoms with Gasteiger partial charge in [-0.1, -0.05) is 18.2 Å². The molecule has 0 bridgehead atoms. The summed E-state index contributed by atoms with van der Waals surface area (Å²) in [5.41, 5.74) is 0.675. The quantitative estimate of drug-likeness (QED) is 0.656. The topological polar surface area (TPSA) is 102 Å². The molecule has 1 aliphatic heterocycles. The van der Waals surface area contributed by atoms with E-state index in [2.05, 4.69) is 10.3 Å². The van der Waals surface area contributed by atoms with Crippen LogP contribution < -0.4 is 5.32 Å². The van der Waals surface area contributed by atoms with E-state index in [1.165, 1.54) is 6.92 Å². The second-order valence-electron chi connectivity index (χ2n) is 5.19. The number of fused-ring (bicyclic) bond motifs is 3. The number of hydrogen-bond acceptors (Lipinski definition) is 3. The zero-order valence-electron chi connectivity index (χ0n) is 10.8. The highest BCUT2D eigenvalue weighted by Gasteiger charge is 2.46. The van der Waals surface area contributed by atoms with E-state index in [1.807, 2.05) is 24.3 Å². The van der Waals surface area contributed by atoms with Crippen LogP contribution in [-0.4, -0.2) is 33.2 Å². The summed E-state index contributed by atoms with van der Waals surface area (Å²) in [7, 11) is 0. The molecule has 4 N–H and O–H groups in total. The van der Waals surface area contributed by atoms with Crippen LogP contribution in [0.1, 0.15) is 18.2 Å². The highest BCUT2D eigenvalue weighted by molar-refractivity contribution is 5.91. The predicted octanol–water partition coefficient (Wildman–Crippen LogP) is 1.07. The summed E-state index contributed by atoms with van der Waals surface area (Å²) in [6.45, 7) is 1.48. The number of nitrogens with one attached hydrogen (secondary N) is 2. The van der Waals surface area contributed by atoms with Gasteiger partial charge in [-0.2, -0.15) is 0 Å². The van der Waals surface area contributed by atoms with Crippen LogP contribution in [0.3, 0.4) is 0 Å². The molecule has 104 valence electrons. The third-order valence-corrected chi connectivity index (χ3v) is 3.91. The molecule has 1 aromatic heterocycles. The van der Waals surface area contributed by atoms with Crippen molar-refractivity contribution in [2.24, 2.45) is 0 Å². The minimum absolute atomic E-state index is 0.261. The fourth-order valence-electron chi connectivity index (χ4n) is 2.83. The number of rotatable bonds is 2. The van der Waals surface area contributed by atoms with Gasteiger partial charge in [0, 0.05) is 17.3 Å². The predicted molar refractivity (Wildman–Crippen MR) is 71.6 cm³/mol. The zero-order valence-corrected chi connectivity index (χ0v) is 10.8. The first-order valence-corrected chi connectivity index (χ1v) is 6.27. The number of para-hydroxylation sites is 1. The first kappa shape index (κ1) is 12.7. The van der Waals surface area contributed by atoms with Gasteiger partial charge in [0.25, 0.3) is 0 Å². The molecule has 2 heterocycles. The summed E-state index contributed by atoms with van der Waals surface area (Å²) in [5, 5.41) is 22.3. The Kier molecular flexibility index (Phi) is 2.58. The Morgan fingerprint density at radius 2 is 2.00 bits per heavy atom. The molecule has 0 unspecified atom stereocenters. The van der Waals surface area contributed by atoms with Crippen LogP contribution in [0.4, 0.5) is 0 Å².